The van der Waals surface area contributed by atoms with E-state index >= 15 is 0 Å². The molecular weight excluding hydrogens is 352 g/mol. The van der Waals surface area contributed by atoms with Crippen LogP contribution in [0.3, 0.4) is 0 Å². The minimum absolute atomic E-state index is 0.124. The lowest BCUT2D eigenvalue weighted by Crippen LogP contribution is -2.47. The molecule has 1 aromatic rings. The molecule has 1 atom stereocenters. The lowest BCUT2D eigenvalue weighted by Gasteiger charge is -2.17. The van der Waals surface area contributed by atoms with Crippen LogP contribution in [0.4, 0.5) is 0 Å². The topological polar surface area (TPSA) is 58.2 Å². The van der Waals surface area contributed by atoms with E-state index < -0.39 is 6.04 Å². The summed E-state index contributed by atoms with van der Waals surface area (Å²) in [5, 5.41) is 5.57. The maximum Gasteiger partial charge on any atom is 0.243 e. The monoisotopic (exact) mass is 372 g/mol. The fourth-order valence-electron chi connectivity index (χ4n) is 1.68. The Morgan fingerprint density at radius 2 is 2.14 bits per heavy atom. The zero-order valence-corrected chi connectivity index (χ0v) is 14.7. The van der Waals surface area contributed by atoms with Crippen molar-refractivity contribution >= 4 is 39.5 Å². The number of carbonyl (C=O) groups is 2. The molecule has 21 heavy (non-hydrogen) atoms. The van der Waals surface area contributed by atoms with E-state index in [4.69, 9.17) is 0 Å². The average molecular weight is 373 g/mol. The summed E-state index contributed by atoms with van der Waals surface area (Å²) in [6.07, 6.45) is 1.97. The summed E-state index contributed by atoms with van der Waals surface area (Å²) in [6, 6.07) is 7.36. The van der Waals surface area contributed by atoms with Crippen LogP contribution < -0.4 is 10.6 Å². The van der Waals surface area contributed by atoms with Crippen LogP contribution in [0.25, 0.3) is 0 Å². The second-order valence-electron chi connectivity index (χ2n) is 4.67. The third kappa shape index (κ3) is 7.52. The van der Waals surface area contributed by atoms with Gasteiger partial charge >= 0.3 is 0 Å². The minimum Gasteiger partial charge on any atom is -0.354 e. The van der Waals surface area contributed by atoms with E-state index in [9.17, 15) is 9.59 Å². The summed E-state index contributed by atoms with van der Waals surface area (Å²) in [5.41, 5.74) is 0. The highest BCUT2D eigenvalue weighted by Crippen LogP contribution is 2.22. The standard InChI is InChI=1S/C15H21BrN2O2S/c1-3-4-8-17-15(20)14(18-11(2)19)10-21-13-7-5-6-12(16)9-13/h5-7,9,14H,3-4,8,10H2,1-2H3,(H,17,20)(H,18,19). The highest BCUT2D eigenvalue weighted by molar-refractivity contribution is 9.10. The molecule has 0 aromatic heterocycles. The quantitative estimate of drug-likeness (QED) is 0.544. The number of halogens is 1. The van der Waals surface area contributed by atoms with E-state index in [2.05, 4.69) is 33.5 Å². The number of unbranched alkanes of at least 4 members (excludes halogenated alkanes) is 1. The minimum atomic E-state index is -0.511. The van der Waals surface area contributed by atoms with Gasteiger partial charge in [-0.05, 0) is 24.6 Å². The normalized spacial score (nSPS) is 11.8. The van der Waals surface area contributed by atoms with Gasteiger partial charge in [0.15, 0.2) is 0 Å². The van der Waals surface area contributed by atoms with E-state index in [1.54, 1.807) is 11.8 Å². The number of hydrogen-bond donors (Lipinski definition) is 2. The largest absolute Gasteiger partial charge is 0.354 e. The second kappa shape index (κ2) is 9.84. The van der Waals surface area contributed by atoms with Gasteiger partial charge in [-0.3, -0.25) is 9.59 Å². The van der Waals surface area contributed by atoms with E-state index in [0.717, 1.165) is 22.2 Å². The highest BCUT2D eigenvalue weighted by atomic mass is 79.9. The molecule has 1 unspecified atom stereocenters. The summed E-state index contributed by atoms with van der Waals surface area (Å²) in [4.78, 5) is 24.4. The van der Waals surface area contributed by atoms with Gasteiger partial charge in [0, 0.05) is 28.6 Å². The zero-order valence-electron chi connectivity index (χ0n) is 12.3. The summed E-state index contributed by atoms with van der Waals surface area (Å²) in [6.45, 7) is 4.14. The van der Waals surface area contributed by atoms with Crippen LogP contribution in [0.15, 0.2) is 33.6 Å². The molecule has 0 spiro atoms. The van der Waals surface area contributed by atoms with Crippen molar-refractivity contribution in [2.75, 3.05) is 12.3 Å². The van der Waals surface area contributed by atoms with Gasteiger partial charge in [0.1, 0.15) is 6.04 Å². The maximum atomic E-state index is 12.1. The number of thioether (sulfide) groups is 1. The van der Waals surface area contributed by atoms with Crippen molar-refractivity contribution in [2.24, 2.45) is 0 Å². The van der Waals surface area contributed by atoms with Gasteiger partial charge < -0.3 is 10.6 Å². The van der Waals surface area contributed by atoms with E-state index in [1.807, 2.05) is 24.3 Å². The molecule has 0 aliphatic carbocycles. The van der Waals surface area contributed by atoms with Crippen LogP contribution in [-0.4, -0.2) is 30.2 Å². The first kappa shape index (κ1) is 18.0. The lowest BCUT2D eigenvalue weighted by atomic mass is 10.3. The first-order valence-corrected chi connectivity index (χ1v) is 8.74. The first-order valence-electron chi connectivity index (χ1n) is 6.96. The number of rotatable bonds is 8. The van der Waals surface area contributed by atoms with Crippen LogP contribution >= 0.6 is 27.7 Å². The van der Waals surface area contributed by atoms with Crippen molar-refractivity contribution in [1.82, 2.24) is 10.6 Å². The molecule has 1 aromatic carbocycles. The Kier molecular flexibility index (Phi) is 8.45. The molecule has 4 nitrogen and oxygen atoms in total. The SMILES string of the molecule is CCCCNC(=O)C(CSc1cccc(Br)c1)NC(C)=O. The molecule has 0 aliphatic heterocycles. The Morgan fingerprint density at radius 3 is 2.76 bits per heavy atom. The lowest BCUT2D eigenvalue weighted by molar-refractivity contribution is -0.127. The van der Waals surface area contributed by atoms with Crippen molar-refractivity contribution in [2.45, 2.75) is 37.6 Å². The van der Waals surface area contributed by atoms with Crippen molar-refractivity contribution in [3.05, 3.63) is 28.7 Å². The molecule has 0 radical (unpaired) electrons. The second-order valence-corrected chi connectivity index (χ2v) is 6.68. The molecule has 2 amide bonds. The smallest absolute Gasteiger partial charge is 0.243 e. The molecule has 0 bridgehead atoms. The maximum absolute atomic E-state index is 12.1. The van der Waals surface area contributed by atoms with E-state index in [1.165, 1.54) is 6.92 Å². The Hall–Kier alpha value is -1.01. The molecule has 0 saturated heterocycles. The van der Waals surface area contributed by atoms with E-state index in [0.29, 0.717) is 12.3 Å². The Labute approximate surface area is 138 Å². The first-order chi connectivity index (χ1) is 10.0. The van der Waals surface area contributed by atoms with Crippen molar-refractivity contribution in [3.63, 3.8) is 0 Å². The third-order valence-electron chi connectivity index (χ3n) is 2.74. The number of carbonyl (C=O) groups excluding carboxylic acids is 2. The molecule has 0 aliphatic rings. The van der Waals surface area contributed by atoms with Crippen molar-refractivity contribution in [1.29, 1.82) is 0 Å². The van der Waals surface area contributed by atoms with Gasteiger partial charge in [-0.1, -0.05) is 35.3 Å². The fourth-order valence-corrected chi connectivity index (χ4v) is 3.21. The number of benzene rings is 1. The van der Waals surface area contributed by atoms with Crippen LogP contribution in [0.5, 0.6) is 0 Å². The van der Waals surface area contributed by atoms with Gasteiger partial charge in [-0.2, -0.15) is 0 Å². The van der Waals surface area contributed by atoms with Crippen molar-refractivity contribution in [3.8, 4) is 0 Å². The molecular formula is C15H21BrN2O2S. The summed E-state index contributed by atoms with van der Waals surface area (Å²) in [7, 11) is 0. The van der Waals surface area contributed by atoms with Gasteiger partial charge in [0.25, 0.3) is 0 Å². The van der Waals surface area contributed by atoms with Crippen LogP contribution in [0.2, 0.25) is 0 Å². The number of nitrogens with one attached hydrogen (secondary N) is 2. The molecule has 1 rings (SSSR count). The van der Waals surface area contributed by atoms with Crippen LogP contribution in [-0.2, 0) is 9.59 Å². The molecule has 6 heteroatoms. The Morgan fingerprint density at radius 1 is 1.38 bits per heavy atom. The molecule has 0 saturated carbocycles. The molecule has 2 N–H and O–H groups in total. The van der Waals surface area contributed by atoms with Crippen LogP contribution in [0.1, 0.15) is 26.7 Å². The number of hydrogen-bond acceptors (Lipinski definition) is 3. The molecule has 0 fully saturated rings. The Bertz CT molecular complexity index is 482. The predicted octanol–water partition coefficient (Wildman–Crippen LogP) is 2.96. The fraction of sp³-hybridized carbons (Fsp3) is 0.467. The molecule has 0 heterocycles. The van der Waals surface area contributed by atoms with Crippen LogP contribution in [0, 0.1) is 0 Å². The Balaban J connectivity index is 2.56. The summed E-state index contributed by atoms with van der Waals surface area (Å²) in [5.74, 6) is 0.190. The van der Waals surface area contributed by atoms with Gasteiger partial charge in [0.2, 0.25) is 11.8 Å². The van der Waals surface area contributed by atoms with E-state index in [-0.39, 0.29) is 11.8 Å². The molecule has 116 valence electrons. The zero-order chi connectivity index (χ0) is 15.7. The summed E-state index contributed by atoms with van der Waals surface area (Å²) >= 11 is 4.96. The van der Waals surface area contributed by atoms with Gasteiger partial charge in [-0.25, -0.2) is 0 Å². The predicted molar refractivity (Wildman–Crippen MR) is 90.4 cm³/mol. The van der Waals surface area contributed by atoms with Gasteiger partial charge in [-0.15, -0.1) is 11.8 Å². The van der Waals surface area contributed by atoms with Crippen molar-refractivity contribution < 1.29 is 9.59 Å². The van der Waals surface area contributed by atoms with Gasteiger partial charge in [0.05, 0.1) is 0 Å². The summed E-state index contributed by atoms with van der Waals surface area (Å²) < 4.78 is 0.996. The highest BCUT2D eigenvalue weighted by Gasteiger charge is 2.19. The third-order valence-corrected chi connectivity index (χ3v) is 4.32. The average Bonchev–Trinajstić information content (AvgIpc) is 2.43. The number of amides is 2.